The molecule has 98 valence electrons. The lowest BCUT2D eigenvalue weighted by Gasteiger charge is -2.11. The van der Waals surface area contributed by atoms with Gasteiger partial charge in [0.1, 0.15) is 22.3 Å². The Labute approximate surface area is 124 Å². The molecular formula is C14H11BrFNOS. The third-order valence-corrected chi connectivity index (χ3v) is 3.28. The molecule has 0 aliphatic heterocycles. The lowest BCUT2D eigenvalue weighted by Crippen LogP contribution is -2.10. The average molecular weight is 340 g/mol. The molecule has 0 radical (unpaired) electrons. The molecular weight excluding hydrogens is 329 g/mol. The van der Waals surface area contributed by atoms with Crippen molar-refractivity contribution >= 4 is 33.1 Å². The number of hydrogen-bond donors (Lipinski definition) is 1. The fourth-order valence-electron chi connectivity index (χ4n) is 1.59. The van der Waals surface area contributed by atoms with Crippen molar-refractivity contribution in [1.29, 1.82) is 0 Å². The molecule has 0 spiro atoms. The number of aryl methyl sites for hydroxylation is 1. The van der Waals surface area contributed by atoms with Crippen LogP contribution in [0, 0.1) is 12.7 Å². The molecule has 0 aliphatic carbocycles. The molecule has 0 heterocycles. The molecule has 0 saturated heterocycles. The van der Waals surface area contributed by atoms with Crippen LogP contribution in [-0.4, -0.2) is 4.99 Å². The van der Waals surface area contributed by atoms with Gasteiger partial charge in [0.25, 0.3) is 0 Å². The summed E-state index contributed by atoms with van der Waals surface area (Å²) in [7, 11) is 0. The molecule has 0 saturated carbocycles. The summed E-state index contributed by atoms with van der Waals surface area (Å²) in [5.41, 5.74) is 6.81. The molecule has 0 aliphatic rings. The van der Waals surface area contributed by atoms with Gasteiger partial charge in [0, 0.05) is 4.47 Å². The minimum Gasteiger partial charge on any atom is -0.457 e. The number of ether oxygens (including phenoxy) is 1. The molecule has 2 rings (SSSR count). The smallest absolute Gasteiger partial charge is 0.137 e. The Morgan fingerprint density at radius 2 is 2.00 bits per heavy atom. The van der Waals surface area contributed by atoms with E-state index >= 15 is 0 Å². The minimum atomic E-state index is -0.266. The van der Waals surface area contributed by atoms with Gasteiger partial charge in [-0.2, -0.15) is 0 Å². The van der Waals surface area contributed by atoms with E-state index in [1.54, 1.807) is 31.2 Å². The van der Waals surface area contributed by atoms with Crippen molar-refractivity contribution in [2.24, 2.45) is 5.73 Å². The number of rotatable bonds is 3. The highest BCUT2D eigenvalue weighted by atomic mass is 79.9. The SMILES string of the molecule is Cc1cc(Oc2ccc(Br)cc2C(N)=S)ccc1F. The summed E-state index contributed by atoms with van der Waals surface area (Å²) < 4.78 is 19.8. The monoisotopic (exact) mass is 339 g/mol. The molecule has 0 aromatic heterocycles. The van der Waals surface area contributed by atoms with Crippen LogP contribution in [0.5, 0.6) is 11.5 Å². The number of halogens is 2. The molecule has 2 nitrogen and oxygen atoms in total. The van der Waals surface area contributed by atoms with Gasteiger partial charge in [0.05, 0.1) is 5.56 Å². The van der Waals surface area contributed by atoms with E-state index in [4.69, 9.17) is 22.7 Å². The van der Waals surface area contributed by atoms with Crippen molar-refractivity contribution in [3.63, 3.8) is 0 Å². The second kappa shape index (κ2) is 5.67. The molecule has 2 aromatic rings. The molecule has 0 unspecified atom stereocenters. The molecule has 2 N–H and O–H groups in total. The summed E-state index contributed by atoms with van der Waals surface area (Å²) in [5, 5.41) is 0. The van der Waals surface area contributed by atoms with Crippen LogP contribution in [0.25, 0.3) is 0 Å². The lowest BCUT2D eigenvalue weighted by atomic mass is 10.2. The van der Waals surface area contributed by atoms with E-state index in [9.17, 15) is 4.39 Å². The Kier molecular flexibility index (Phi) is 4.17. The fraction of sp³-hybridized carbons (Fsp3) is 0.0714. The minimum absolute atomic E-state index is 0.245. The summed E-state index contributed by atoms with van der Waals surface area (Å²) in [5.74, 6) is 0.818. The molecule has 0 bridgehead atoms. The zero-order chi connectivity index (χ0) is 14.0. The maximum atomic E-state index is 13.2. The first-order chi connectivity index (χ1) is 8.97. The molecule has 19 heavy (non-hydrogen) atoms. The van der Waals surface area contributed by atoms with E-state index in [2.05, 4.69) is 15.9 Å². The normalized spacial score (nSPS) is 10.3. The van der Waals surface area contributed by atoms with Crippen molar-refractivity contribution < 1.29 is 9.13 Å². The third kappa shape index (κ3) is 3.30. The van der Waals surface area contributed by atoms with Crippen molar-refractivity contribution in [3.8, 4) is 11.5 Å². The largest absolute Gasteiger partial charge is 0.457 e. The predicted molar refractivity (Wildman–Crippen MR) is 81.2 cm³/mol. The predicted octanol–water partition coefficient (Wildman–Crippen LogP) is 4.32. The van der Waals surface area contributed by atoms with Gasteiger partial charge in [-0.25, -0.2) is 4.39 Å². The van der Waals surface area contributed by atoms with Gasteiger partial charge in [0.2, 0.25) is 0 Å². The van der Waals surface area contributed by atoms with Crippen LogP contribution in [0.3, 0.4) is 0 Å². The zero-order valence-corrected chi connectivity index (χ0v) is 12.5. The van der Waals surface area contributed by atoms with E-state index in [1.165, 1.54) is 6.07 Å². The van der Waals surface area contributed by atoms with Crippen LogP contribution in [0.4, 0.5) is 4.39 Å². The van der Waals surface area contributed by atoms with E-state index in [-0.39, 0.29) is 10.8 Å². The first-order valence-corrected chi connectivity index (χ1v) is 6.71. The summed E-state index contributed by atoms with van der Waals surface area (Å²) in [6, 6.07) is 9.93. The van der Waals surface area contributed by atoms with Crippen LogP contribution < -0.4 is 10.5 Å². The van der Waals surface area contributed by atoms with Gasteiger partial charge in [-0.1, -0.05) is 28.1 Å². The van der Waals surface area contributed by atoms with E-state index in [1.807, 2.05) is 6.07 Å². The Morgan fingerprint density at radius 3 is 2.63 bits per heavy atom. The van der Waals surface area contributed by atoms with Gasteiger partial charge in [-0.3, -0.25) is 0 Å². The van der Waals surface area contributed by atoms with E-state index in [0.717, 1.165) is 4.47 Å². The topological polar surface area (TPSA) is 35.2 Å². The molecule has 0 fully saturated rings. The van der Waals surface area contributed by atoms with Gasteiger partial charge in [-0.15, -0.1) is 0 Å². The highest BCUT2D eigenvalue weighted by Gasteiger charge is 2.09. The van der Waals surface area contributed by atoms with Crippen molar-refractivity contribution in [1.82, 2.24) is 0 Å². The van der Waals surface area contributed by atoms with Gasteiger partial charge in [-0.05, 0) is 48.9 Å². The molecule has 0 amide bonds. The maximum absolute atomic E-state index is 13.2. The summed E-state index contributed by atoms with van der Waals surface area (Å²) >= 11 is 8.34. The molecule has 0 atom stereocenters. The van der Waals surface area contributed by atoms with Crippen LogP contribution in [0.1, 0.15) is 11.1 Å². The number of benzene rings is 2. The number of nitrogens with two attached hydrogens (primary N) is 1. The summed E-state index contributed by atoms with van der Waals surface area (Å²) in [6.45, 7) is 1.68. The highest BCUT2D eigenvalue weighted by molar-refractivity contribution is 9.10. The van der Waals surface area contributed by atoms with Gasteiger partial charge in [0.15, 0.2) is 0 Å². The average Bonchev–Trinajstić information content (AvgIpc) is 2.36. The number of thiocarbonyl (C=S) groups is 1. The van der Waals surface area contributed by atoms with Crippen LogP contribution in [0.2, 0.25) is 0 Å². The van der Waals surface area contributed by atoms with Crippen LogP contribution in [-0.2, 0) is 0 Å². The van der Waals surface area contributed by atoms with Crippen LogP contribution >= 0.6 is 28.1 Å². The Balaban J connectivity index is 2.37. The van der Waals surface area contributed by atoms with Crippen molar-refractivity contribution in [2.75, 3.05) is 0 Å². The fourth-order valence-corrected chi connectivity index (χ4v) is 2.11. The lowest BCUT2D eigenvalue weighted by molar-refractivity contribution is 0.478. The standard InChI is InChI=1S/C14H11BrFNOS/c1-8-6-10(3-4-12(8)16)18-13-5-2-9(15)7-11(13)14(17)19/h2-7H,1H3,(H2,17,19). The first-order valence-electron chi connectivity index (χ1n) is 5.51. The Morgan fingerprint density at radius 1 is 1.26 bits per heavy atom. The Hall–Kier alpha value is -1.46. The van der Waals surface area contributed by atoms with Gasteiger partial charge < -0.3 is 10.5 Å². The summed E-state index contributed by atoms with van der Waals surface area (Å²) in [4.78, 5) is 0.245. The van der Waals surface area contributed by atoms with Crippen molar-refractivity contribution in [3.05, 3.63) is 57.8 Å². The Bertz CT molecular complexity index is 645. The number of hydrogen-bond acceptors (Lipinski definition) is 2. The van der Waals surface area contributed by atoms with E-state index < -0.39 is 0 Å². The van der Waals surface area contributed by atoms with Crippen molar-refractivity contribution in [2.45, 2.75) is 6.92 Å². The zero-order valence-electron chi connectivity index (χ0n) is 10.1. The summed E-state index contributed by atoms with van der Waals surface area (Å²) in [6.07, 6.45) is 0. The third-order valence-electron chi connectivity index (χ3n) is 2.56. The van der Waals surface area contributed by atoms with Gasteiger partial charge >= 0.3 is 0 Å². The second-order valence-corrected chi connectivity index (χ2v) is 5.37. The molecule has 5 heteroatoms. The van der Waals surface area contributed by atoms with Crippen LogP contribution in [0.15, 0.2) is 40.9 Å². The quantitative estimate of drug-likeness (QED) is 0.845. The maximum Gasteiger partial charge on any atom is 0.137 e. The van der Waals surface area contributed by atoms with E-state index in [0.29, 0.717) is 22.6 Å². The highest BCUT2D eigenvalue weighted by Crippen LogP contribution is 2.29. The molecule has 2 aromatic carbocycles. The second-order valence-electron chi connectivity index (χ2n) is 4.02. The first kappa shape index (κ1) is 14.0.